The molecule has 1 heterocycles. The molecule has 1 saturated heterocycles. The maximum Gasteiger partial charge on any atom is 0.306 e. The lowest BCUT2D eigenvalue weighted by molar-refractivity contribution is -0.870. The van der Waals surface area contributed by atoms with Crippen LogP contribution in [0.3, 0.4) is 0 Å². The highest BCUT2D eigenvalue weighted by molar-refractivity contribution is 7.45. The summed E-state index contributed by atoms with van der Waals surface area (Å²) in [6.45, 7) is 3.88. The molecule has 4 atom stereocenters. The number of unbranched alkanes of at least 4 members (excludes halogenated alkanes) is 4. The summed E-state index contributed by atoms with van der Waals surface area (Å²) in [5.41, 5.74) is 0. The van der Waals surface area contributed by atoms with Crippen molar-refractivity contribution in [3.8, 4) is 0 Å². The van der Waals surface area contributed by atoms with Crippen molar-refractivity contribution in [1.82, 2.24) is 0 Å². The molecule has 1 rings (SSSR count). The molecule has 344 valence electrons. The van der Waals surface area contributed by atoms with E-state index in [0.29, 0.717) is 30.3 Å². The number of phosphoric acid groups is 1. The molecule has 0 aromatic carbocycles. The number of ether oxygens (including phenoxy) is 3. The van der Waals surface area contributed by atoms with Crippen molar-refractivity contribution in [2.75, 3.05) is 47.5 Å². The van der Waals surface area contributed by atoms with Gasteiger partial charge in [-0.3, -0.25) is 14.2 Å². The lowest BCUT2D eigenvalue weighted by Crippen LogP contribution is -2.37. The van der Waals surface area contributed by atoms with Gasteiger partial charge in [0.05, 0.1) is 40.0 Å². The first-order chi connectivity index (χ1) is 29.5. The van der Waals surface area contributed by atoms with Gasteiger partial charge >= 0.3 is 11.9 Å². The Morgan fingerprint density at radius 1 is 0.607 bits per heavy atom. The Bertz CT molecular complexity index is 1470. The molecule has 1 aliphatic rings. The number of allylic oxidation sites excluding steroid dienone is 16. The van der Waals surface area contributed by atoms with E-state index in [1.807, 2.05) is 39.4 Å². The molecule has 1 fully saturated rings. The first-order valence-electron chi connectivity index (χ1n) is 22.7. The van der Waals surface area contributed by atoms with E-state index >= 15 is 0 Å². The third kappa shape index (κ3) is 38.1. The maximum atomic E-state index is 12.7. The molecule has 3 unspecified atom stereocenters. The zero-order chi connectivity index (χ0) is 44.7. The number of quaternary nitrogens is 1. The van der Waals surface area contributed by atoms with E-state index < -0.39 is 32.5 Å². The Labute approximate surface area is 370 Å². The van der Waals surface area contributed by atoms with Gasteiger partial charge in [0.1, 0.15) is 19.8 Å². The van der Waals surface area contributed by atoms with Crippen molar-refractivity contribution in [3.05, 3.63) is 109 Å². The summed E-state index contributed by atoms with van der Waals surface area (Å²) >= 11 is 0. The lowest BCUT2D eigenvalue weighted by atomic mass is 10.1. The van der Waals surface area contributed by atoms with E-state index in [9.17, 15) is 19.0 Å². The summed E-state index contributed by atoms with van der Waals surface area (Å²) in [5, 5.41) is 0. The van der Waals surface area contributed by atoms with Crippen LogP contribution in [0.5, 0.6) is 0 Å². The van der Waals surface area contributed by atoms with Crippen LogP contribution in [0.1, 0.15) is 129 Å². The SMILES string of the molecule is CC/C=C\C/C=C\C/C=C\C/C=C\C/C=C\C/C=C\CCC(=O)OC[C@H](COP(=O)([O-])OCC[N+](C)(C)C)OC(=O)CCC/C=C\CC1OC1C/C=C\C/C=C\CCCCC. The van der Waals surface area contributed by atoms with Gasteiger partial charge in [0.2, 0.25) is 0 Å². The molecule has 11 heteroatoms. The zero-order valence-electron chi connectivity index (χ0n) is 38.2. The maximum absolute atomic E-state index is 12.7. The van der Waals surface area contributed by atoms with Crippen LogP contribution in [0, 0.1) is 0 Å². The van der Waals surface area contributed by atoms with Crippen LogP contribution < -0.4 is 4.89 Å². The Kier molecular flexibility index (Phi) is 33.9. The minimum Gasteiger partial charge on any atom is -0.756 e. The van der Waals surface area contributed by atoms with Crippen molar-refractivity contribution in [1.29, 1.82) is 0 Å². The number of esters is 2. The standard InChI is InChI=1S/C50H80NO9P/c1-6-8-10-12-14-16-17-18-19-20-21-22-23-24-25-27-29-31-36-40-49(52)56-44-46(45-58-61(54,55)57-43-42-51(3,4)5)59-50(53)41-37-33-32-35-39-48-47(60-48)38-34-30-28-26-15-13-11-9-7-2/h8,10,14-16,18-19,21-22,24-26,29-32,34-35,46-48H,6-7,9,11-13,17,20,23,27-28,33,36-45H2,1-5H3/b10-8-,16-14-,19-18-,22-21-,25-24-,26-15-,31-29-,34-30-,35-32-/t46-,47?,48?/m1/s1. The Hall–Kier alpha value is -3.37. The topological polar surface area (TPSA) is 124 Å². The minimum absolute atomic E-state index is 0.0620. The van der Waals surface area contributed by atoms with Crippen molar-refractivity contribution < 1.29 is 46.8 Å². The predicted octanol–water partition coefficient (Wildman–Crippen LogP) is 11.5. The Balaban J connectivity index is 2.39. The fraction of sp³-hybridized carbons (Fsp3) is 0.600. The van der Waals surface area contributed by atoms with Gasteiger partial charge in [0, 0.05) is 12.8 Å². The number of carbonyl (C=O) groups is 2. The molecular weight excluding hydrogens is 790 g/mol. The molecular formula is C50H80NO9P. The summed E-state index contributed by atoms with van der Waals surface area (Å²) < 4.78 is 39.6. The minimum atomic E-state index is -4.67. The fourth-order valence-electron chi connectivity index (χ4n) is 5.54. The van der Waals surface area contributed by atoms with Crippen LogP contribution in [0.15, 0.2) is 109 Å². The van der Waals surface area contributed by atoms with Gasteiger partial charge in [-0.2, -0.15) is 0 Å². The van der Waals surface area contributed by atoms with E-state index in [1.165, 1.54) is 19.3 Å². The molecule has 0 spiro atoms. The van der Waals surface area contributed by atoms with Crippen LogP contribution in [0.2, 0.25) is 0 Å². The summed E-state index contributed by atoms with van der Waals surface area (Å²) in [7, 11) is 1.06. The number of hydrogen-bond donors (Lipinski definition) is 0. The van der Waals surface area contributed by atoms with Crippen LogP contribution in [0.4, 0.5) is 0 Å². The Morgan fingerprint density at radius 3 is 1.66 bits per heavy atom. The summed E-state index contributed by atoms with van der Waals surface area (Å²) in [6.07, 6.45) is 53.1. The van der Waals surface area contributed by atoms with Crippen LogP contribution in [-0.4, -0.2) is 82.2 Å². The molecule has 10 nitrogen and oxygen atoms in total. The number of hydrogen-bond acceptors (Lipinski definition) is 9. The number of phosphoric ester groups is 1. The monoisotopic (exact) mass is 870 g/mol. The number of epoxide rings is 1. The summed E-state index contributed by atoms with van der Waals surface area (Å²) in [6, 6.07) is 0. The van der Waals surface area contributed by atoms with Crippen molar-refractivity contribution in [2.24, 2.45) is 0 Å². The van der Waals surface area contributed by atoms with Crippen LogP contribution in [0.25, 0.3) is 0 Å². The van der Waals surface area contributed by atoms with E-state index in [1.54, 1.807) is 0 Å². The average molecular weight is 870 g/mol. The second-order valence-corrected chi connectivity index (χ2v) is 17.5. The summed E-state index contributed by atoms with van der Waals surface area (Å²) in [5.74, 6) is -1.02. The Morgan fingerprint density at radius 2 is 1.10 bits per heavy atom. The normalized spacial score (nSPS) is 17.9. The van der Waals surface area contributed by atoms with Crippen molar-refractivity contribution in [2.45, 2.75) is 148 Å². The summed E-state index contributed by atoms with van der Waals surface area (Å²) in [4.78, 5) is 37.6. The van der Waals surface area contributed by atoms with E-state index in [-0.39, 0.29) is 38.3 Å². The fourth-order valence-corrected chi connectivity index (χ4v) is 6.26. The van der Waals surface area contributed by atoms with Crippen LogP contribution in [-0.2, 0) is 37.4 Å². The van der Waals surface area contributed by atoms with Gasteiger partial charge in [0.25, 0.3) is 7.82 Å². The molecule has 0 aromatic rings. The molecule has 0 aliphatic carbocycles. The lowest BCUT2D eigenvalue weighted by Gasteiger charge is -2.28. The number of nitrogens with zero attached hydrogens (tertiary/aromatic N) is 1. The number of rotatable bonds is 38. The molecule has 61 heavy (non-hydrogen) atoms. The highest BCUT2D eigenvalue weighted by Crippen LogP contribution is 2.38. The van der Waals surface area contributed by atoms with Crippen molar-refractivity contribution >= 4 is 19.8 Å². The molecule has 0 bridgehead atoms. The number of carbonyl (C=O) groups excluding carboxylic acids is 2. The van der Waals surface area contributed by atoms with E-state index in [0.717, 1.165) is 64.2 Å². The number of likely N-dealkylation sites (N-methyl/N-ethyl adjacent to an activating group) is 1. The van der Waals surface area contributed by atoms with Gasteiger partial charge in [-0.15, -0.1) is 0 Å². The first-order valence-corrected chi connectivity index (χ1v) is 24.2. The van der Waals surface area contributed by atoms with E-state index in [2.05, 4.69) is 105 Å². The third-order valence-electron chi connectivity index (χ3n) is 9.19. The van der Waals surface area contributed by atoms with Crippen LogP contribution >= 0.6 is 7.82 Å². The molecule has 0 radical (unpaired) electrons. The van der Waals surface area contributed by atoms with Gasteiger partial charge in [0.15, 0.2) is 6.10 Å². The molecule has 0 N–H and O–H groups in total. The molecule has 1 aliphatic heterocycles. The smallest absolute Gasteiger partial charge is 0.306 e. The average Bonchev–Trinajstić information content (AvgIpc) is 3.97. The molecule has 0 saturated carbocycles. The second kappa shape index (κ2) is 37.2. The predicted molar refractivity (Wildman–Crippen MR) is 249 cm³/mol. The van der Waals surface area contributed by atoms with Gasteiger partial charge < -0.3 is 32.6 Å². The van der Waals surface area contributed by atoms with E-state index in [4.69, 9.17) is 23.3 Å². The molecule has 0 amide bonds. The second-order valence-electron chi connectivity index (χ2n) is 16.1. The largest absolute Gasteiger partial charge is 0.756 e. The third-order valence-corrected chi connectivity index (χ3v) is 10.2. The highest BCUT2D eigenvalue weighted by Gasteiger charge is 2.36. The first kappa shape index (κ1) is 55.6. The quantitative estimate of drug-likeness (QED) is 0.0149. The zero-order valence-corrected chi connectivity index (χ0v) is 39.1. The highest BCUT2D eigenvalue weighted by atomic mass is 31.2. The van der Waals surface area contributed by atoms with Gasteiger partial charge in [-0.05, 0) is 89.9 Å². The van der Waals surface area contributed by atoms with Crippen molar-refractivity contribution in [3.63, 3.8) is 0 Å². The van der Waals surface area contributed by atoms with Gasteiger partial charge in [-0.25, -0.2) is 0 Å². The van der Waals surface area contributed by atoms with Gasteiger partial charge in [-0.1, -0.05) is 136 Å². The molecule has 0 aromatic heterocycles.